The summed E-state index contributed by atoms with van der Waals surface area (Å²) in [4.78, 5) is 29.5. The minimum atomic E-state index is -1.09. The van der Waals surface area contributed by atoms with Crippen molar-refractivity contribution in [1.29, 1.82) is 0 Å². The van der Waals surface area contributed by atoms with Crippen molar-refractivity contribution in [2.75, 3.05) is 44.2 Å². The van der Waals surface area contributed by atoms with Gasteiger partial charge in [-0.3, -0.25) is 9.59 Å². The summed E-state index contributed by atoms with van der Waals surface area (Å²) in [6, 6.07) is 7.73. The molecule has 2 saturated heterocycles. The molecule has 1 aromatic rings. The number of nitrogens with zero attached hydrogens (tertiary/aromatic N) is 2. The molecule has 1 atom stereocenters. The summed E-state index contributed by atoms with van der Waals surface area (Å²) in [5.41, 5.74) is -0.0280. The maximum absolute atomic E-state index is 12.9. The Morgan fingerprint density at radius 1 is 1.26 bits per heavy atom. The van der Waals surface area contributed by atoms with Crippen LogP contribution in [-0.2, 0) is 14.3 Å². The number of ether oxygens (including phenoxy) is 1. The van der Waals surface area contributed by atoms with Crippen LogP contribution in [0, 0.1) is 5.41 Å². The van der Waals surface area contributed by atoms with Crippen LogP contribution >= 0.6 is 11.6 Å². The molecule has 27 heavy (non-hydrogen) atoms. The number of carbonyl (C=O) groups excluding carboxylic acids is 2. The van der Waals surface area contributed by atoms with Crippen molar-refractivity contribution in [2.24, 2.45) is 5.41 Å². The highest BCUT2D eigenvalue weighted by molar-refractivity contribution is 6.30. The van der Waals surface area contributed by atoms with Gasteiger partial charge < -0.3 is 19.9 Å². The molecule has 2 aliphatic rings. The van der Waals surface area contributed by atoms with E-state index in [2.05, 4.69) is 10.2 Å². The molecule has 0 aliphatic carbocycles. The van der Waals surface area contributed by atoms with E-state index in [9.17, 15) is 9.59 Å². The van der Waals surface area contributed by atoms with Gasteiger partial charge in [-0.2, -0.15) is 0 Å². The molecule has 0 aromatic heterocycles. The van der Waals surface area contributed by atoms with Crippen LogP contribution in [-0.4, -0.2) is 62.1 Å². The molecule has 1 N–H and O–H groups in total. The number of carbonyl (C=O) groups is 2. The van der Waals surface area contributed by atoms with E-state index in [-0.39, 0.29) is 17.9 Å². The Labute approximate surface area is 165 Å². The van der Waals surface area contributed by atoms with Gasteiger partial charge in [0.25, 0.3) is 0 Å². The van der Waals surface area contributed by atoms with Gasteiger partial charge in [-0.25, -0.2) is 0 Å². The quantitative estimate of drug-likeness (QED) is 0.780. The maximum Gasteiger partial charge on any atom is 0.237 e. The van der Waals surface area contributed by atoms with Crippen molar-refractivity contribution in [2.45, 2.75) is 32.8 Å². The number of piperazine rings is 1. The fourth-order valence-corrected chi connectivity index (χ4v) is 3.75. The average Bonchev–Trinajstić information content (AvgIpc) is 3.19. The molecule has 0 saturated carbocycles. The number of hydrogen-bond acceptors (Lipinski definition) is 4. The van der Waals surface area contributed by atoms with Gasteiger partial charge in [-0.1, -0.05) is 17.7 Å². The smallest absolute Gasteiger partial charge is 0.237 e. The monoisotopic (exact) mass is 393 g/mol. The molecule has 1 unspecified atom stereocenters. The van der Waals surface area contributed by atoms with E-state index < -0.39 is 5.41 Å². The second-order valence-corrected chi connectivity index (χ2v) is 8.17. The molecule has 2 fully saturated rings. The van der Waals surface area contributed by atoms with E-state index in [4.69, 9.17) is 16.3 Å². The van der Waals surface area contributed by atoms with Crippen molar-refractivity contribution in [3.05, 3.63) is 29.3 Å². The molecule has 2 amide bonds. The van der Waals surface area contributed by atoms with Gasteiger partial charge in [-0.05, 0) is 44.9 Å². The molecule has 0 bridgehead atoms. The van der Waals surface area contributed by atoms with Gasteiger partial charge in [0, 0.05) is 50.0 Å². The first-order valence-electron chi connectivity index (χ1n) is 9.58. The molecule has 7 heteroatoms. The first-order chi connectivity index (χ1) is 12.9. The van der Waals surface area contributed by atoms with Crippen LogP contribution in [0.25, 0.3) is 0 Å². The van der Waals surface area contributed by atoms with E-state index in [1.807, 2.05) is 24.3 Å². The summed E-state index contributed by atoms with van der Waals surface area (Å²) >= 11 is 6.07. The Kier molecular flexibility index (Phi) is 6.27. The van der Waals surface area contributed by atoms with E-state index in [0.29, 0.717) is 24.7 Å². The minimum Gasteiger partial charge on any atom is -0.376 e. The summed E-state index contributed by atoms with van der Waals surface area (Å²) in [7, 11) is 0. The van der Waals surface area contributed by atoms with E-state index in [0.717, 1.165) is 38.2 Å². The van der Waals surface area contributed by atoms with Crippen LogP contribution in [0.2, 0.25) is 5.02 Å². The van der Waals surface area contributed by atoms with E-state index in [1.54, 1.807) is 18.7 Å². The minimum absolute atomic E-state index is 0.0705. The van der Waals surface area contributed by atoms with Crippen molar-refractivity contribution >= 4 is 29.1 Å². The van der Waals surface area contributed by atoms with Crippen LogP contribution in [0.15, 0.2) is 24.3 Å². The lowest BCUT2D eigenvalue weighted by atomic mass is 9.89. The zero-order chi connectivity index (χ0) is 19.4. The number of rotatable bonds is 5. The lowest BCUT2D eigenvalue weighted by Gasteiger charge is -2.39. The van der Waals surface area contributed by atoms with Gasteiger partial charge >= 0.3 is 0 Å². The molecule has 2 heterocycles. The second kappa shape index (κ2) is 8.48. The Balaban J connectivity index is 1.53. The predicted molar refractivity (Wildman–Crippen MR) is 106 cm³/mol. The van der Waals surface area contributed by atoms with Crippen LogP contribution in [0.4, 0.5) is 5.69 Å². The standard InChI is InChI=1S/C20H28ClN3O3/c1-20(2,18(25)22-14-17-7-4-12-27-17)19(26)24-10-8-23(9-11-24)16-6-3-5-15(21)13-16/h3,5-6,13,17H,4,7-12,14H2,1-2H3,(H,22,25). The first-order valence-corrected chi connectivity index (χ1v) is 9.95. The highest BCUT2D eigenvalue weighted by atomic mass is 35.5. The number of anilines is 1. The molecular weight excluding hydrogens is 366 g/mol. The summed E-state index contributed by atoms with van der Waals surface area (Å²) in [6.45, 7) is 7.24. The number of halogens is 1. The molecule has 6 nitrogen and oxygen atoms in total. The van der Waals surface area contributed by atoms with Gasteiger partial charge in [0.15, 0.2) is 0 Å². The number of hydrogen-bond donors (Lipinski definition) is 1. The Hall–Kier alpha value is -1.79. The lowest BCUT2D eigenvalue weighted by Crippen LogP contribution is -2.56. The van der Waals surface area contributed by atoms with Gasteiger partial charge in [0.2, 0.25) is 11.8 Å². The maximum atomic E-state index is 12.9. The number of benzene rings is 1. The van der Waals surface area contributed by atoms with Gasteiger partial charge in [0.1, 0.15) is 5.41 Å². The van der Waals surface area contributed by atoms with Crippen LogP contribution in [0.3, 0.4) is 0 Å². The van der Waals surface area contributed by atoms with Gasteiger partial charge in [-0.15, -0.1) is 0 Å². The average molecular weight is 394 g/mol. The molecule has 148 valence electrons. The van der Waals surface area contributed by atoms with Crippen molar-refractivity contribution < 1.29 is 14.3 Å². The van der Waals surface area contributed by atoms with E-state index >= 15 is 0 Å². The van der Waals surface area contributed by atoms with Crippen molar-refractivity contribution in [3.63, 3.8) is 0 Å². The summed E-state index contributed by atoms with van der Waals surface area (Å²) < 4.78 is 5.53. The summed E-state index contributed by atoms with van der Waals surface area (Å²) in [5.74, 6) is -0.363. The third kappa shape index (κ3) is 4.74. The highest BCUT2D eigenvalue weighted by Gasteiger charge is 2.40. The highest BCUT2D eigenvalue weighted by Crippen LogP contribution is 2.24. The topological polar surface area (TPSA) is 61.9 Å². The van der Waals surface area contributed by atoms with Gasteiger partial charge in [0.05, 0.1) is 6.10 Å². The Morgan fingerprint density at radius 3 is 2.63 bits per heavy atom. The number of nitrogens with one attached hydrogen (secondary N) is 1. The SMILES string of the molecule is CC(C)(C(=O)NCC1CCCO1)C(=O)N1CCN(c2cccc(Cl)c2)CC1. The number of amides is 2. The molecular formula is C20H28ClN3O3. The zero-order valence-electron chi connectivity index (χ0n) is 16.0. The zero-order valence-corrected chi connectivity index (χ0v) is 16.8. The fourth-order valence-electron chi connectivity index (χ4n) is 3.57. The third-order valence-electron chi connectivity index (χ3n) is 5.36. The predicted octanol–water partition coefficient (Wildman–Crippen LogP) is 2.31. The van der Waals surface area contributed by atoms with Crippen molar-refractivity contribution in [1.82, 2.24) is 10.2 Å². The first kappa shape index (κ1) is 20.0. The van der Waals surface area contributed by atoms with Crippen LogP contribution in [0.5, 0.6) is 0 Å². The normalized spacial score (nSPS) is 20.6. The Bertz CT molecular complexity index is 681. The second-order valence-electron chi connectivity index (χ2n) is 7.73. The van der Waals surface area contributed by atoms with Crippen LogP contribution in [0.1, 0.15) is 26.7 Å². The van der Waals surface area contributed by atoms with E-state index in [1.165, 1.54) is 0 Å². The Morgan fingerprint density at radius 2 is 2.00 bits per heavy atom. The molecule has 3 rings (SSSR count). The third-order valence-corrected chi connectivity index (χ3v) is 5.59. The molecule has 0 spiro atoms. The van der Waals surface area contributed by atoms with Crippen molar-refractivity contribution in [3.8, 4) is 0 Å². The molecule has 1 aromatic carbocycles. The molecule has 2 aliphatic heterocycles. The summed E-state index contributed by atoms with van der Waals surface area (Å²) in [5, 5.41) is 3.59. The van der Waals surface area contributed by atoms with Crippen LogP contribution < -0.4 is 10.2 Å². The largest absolute Gasteiger partial charge is 0.376 e. The fraction of sp³-hybridized carbons (Fsp3) is 0.600. The summed E-state index contributed by atoms with van der Waals surface area (Å²) in [6.07, 6.45) is 2.06. The molecule has 0 radical (unpaired) electrons. The lowest BCUT2D eigenvalue weighted by molar-refractivity contribution is -0.149.